The SMILES string of the molecule is CC1CC(C)CN(Cc2ccc(CNC(=O)CNCC3CC3)cc2)C1.Cl.Cl. The molecule has 0 bridgehead atoms. The van der Waals surface area contributed by atoms with E-state index in [0.29, 0.717) is 13.1 Å². The number of carbonyl (C=O) groups excluding carboxylic acids is 1. The summed E-state index contributed by atoms with van der Waals surface area (Å²) in [5.74, 6) is 2.49. The van der Waals surface area contributed by atoms with Crippen molar-refractivity contribution in [2.75, 3.05) is 26.2 Å². The van der Waals surface area contributed by atoms with Gasteiger partial charge in [0.25, 0.3) is 0 Å². The number of nitrogens with one attached hydrogen (secondary N) is 2. The number of halogens is 2. The van der Waals surface area contributed by atoms with Gasteiger partial charge >= 0.3 is 0 Å². The van der Waals surface area contributed by atoms with Gasteiger partial charge in [-0.1, -0.05) is 38.1 Å². The van der Waals surface area contributed by atoms with E-state index in [0.717, 1.165) is 30.8 Å². The molecule has 1 heterocycles. The number of benzene rings is 1. The second kappa shape index (κ2) is 11.9. The predicted molar refractivity (Wildman–Crippen MR) is 117 cm³/mol. The second-order valence-corrected chi connectivity index (χ2v) is 8.31. The molecule has 0 spiro atoms. The van der Waals surface area contributed by atoms with Crippen LogP contribution in [-0.2, 0) is 17.9 Å². The molecule has 6 heteroatoms. The zero-order valence-corrected chi connectivity index (χ0v) is 18.2. The van der Waals surface area contributed by atoms with E-state index in [9.17, 15) is 4.79 Å². The summed E-state index contributed by atoms with van der Waals surface area (Å²) in [6.07, 6.45) is 3.98. The number of rotatable bonds is 8. The Morgan fingerprint density at radius 2 is 1.63 bits per heavy atom. The molecule has 1 aliphatic carbocycles. The topological polar surface area (TPSA) is 44.4 Å². The smallest absolute Gasteiger partial charge is 0.234 e. The van der Waals surface area contributed by atoms with Gasteiger partial charge in [0.05, 0.1) is 6.54 Å². The first-order valence-electron chi connectivity index (χ1n) is 9.86. The molecule has 4 nitrogen and oxygen atoms in total. The first kappa shape index (κ1) is 24.2. The van der Waals surface area contributed by atoms with Gasteiger partial charge in [-0.05, 0) is 54.7 Å². The Morgan fingerprint density at radius 1 is 1.04 bits per heavy atom. The Balaban J connectivity index is 0.00000182. The average Bonchev–Trinajstić information content (AvgIpc) is 3.37. The van der Waals surface area contributed by atoms with Crippen molar-refractivity contribution in [3.63, 3.8) is 0 Å². The average molecular weight is 416 g/mol. The number of likely N-dealkylation sites (tertiary alicyclic amines) is 1. The summed E-state index contributed by atoms with van der Waals surface area (Å²) in [4.78, 5) is 14.4. The maximum atomic E-state index is 11.8. The molecular weight excluding hydrogens is 381 g/mol. The molecule has 0 radical (unpaired) electrons. The fraction of sp³-hybridized carbons (Fsp3) is 0.667. The number of hydrogen-bond acceptors (Lipinski definition) is 3. The molecule has 2 atom stereocenters. The van der Waals surface area contributed by atoms with Crippen LogP contribution >= 0.6 is 24.8 Å². The molecule has 1 aromatic carbocycles. The minimum absolute atomic E-state index is 0. The molecule has 1 amide bonds. The summed E-state index contributed by atoms with van der Waals surface area (Å²) in [5.41, 5.74) is 2.53. The van der Waals surface area contributed by atoms with E-state index in [2.05, 4.69) is 53.6 Å². The van der Waals surface area contributed by atoms with Gasteiger partial charge in [0, 0.05) is 26.2 Å². The van der Waals surface area contributed by atoms with E-state index < -0.39 is 0 Å². The highest BCUT2D eigenvalue weighted by atomic mass is 35.5. The lowest BCUT2D eigenvalue weighted by Gasteiger charge is -2.35. The lowest BCUT2D eigenvalue weighted by molar-refractivity contribution is -0.120. The normalized spacial score (nSPS) is 22.4. The van der Waals surface area contributed by atoms with Gasteiger partial charge in [-0.2, -0.15) is 0 Å². The predicted octanol–water partition coefficient (Wildman–Crippen LogP) is 3.62. The van der Waals surface area contributed by atoms with E-state index in [-0.39, 0.29) is 30.7 Å². The van der Waals surface area contributed by atoms with Gasteiger partial charge in [0.15, 0.2) is 0 Å². The maximum absolute atomic E-state index is 11.8. The number of hydrogen-bond donors (Lipinski definition) is 2. The van der Waals surface area contributed by atoms with E-state index in [1.165, 1.54) is 43.5 Å². The van der Waals surface area contributed by atoms with Gasteiger partial charge in [-0.15, -0.1) is 24.8 Å². The molecule has 1 saturated heterocycles. The van der Waals surface area contributed by atoms with Gasteiger partial charge < -0.3 is 10.6 Å². The van der Waals surface area contributed by atoms with Crippen LogP contribution in [0.3, 0.4) is 0 Å². The van der Waals surface area contributed by atoms with Gasteiger partial charge in [0.2, 0.25) is 5.91 Å². The van der Waals surface area contributed by atoms with Crippen LogP contribution in [0, 0.1) is 17.8 Å². The fourth-order valence-electron chi connectivity index (χ4n) is 3.92. The van der Waals surface area contributed by atoms with E-state index in [1.54, 1.807) is 0 Å². The Bertz CT molecular complexity index is 553. The van der Waals surface area contributed by atoms with Crippen molar-refractivity contribution < 1.29 is 4.79 Å². The van der Waals surface area contributed by atoms with Crippen LogP contribution in [0.1, 0.15) is 44.2 Å². The van der Waals surface area contributed by atoms with E-state index >= 15 is 0 Å². The van der Waals surface area contributed by atoms with Crippen molar-refractivity contribution >= 4 is 30.7 Å². The molecule has 27 heavy (non-hydrogen) atoms. The van der Waals surface area contributed by atoms with Crippen LogP contribution in [-0.4, -0.2) is 37.0 Å². The highest BCUT2D eigenvalue weighted by molar-refractivity contribution is 5.85. The van der Waals surface area contributed by atoms with Crippen LogP contribution in [0.15, 0.2) is 24.3 Å². The van der Waals surface area contributed by atoms with Gasteiger partial charge in [-0.3, -0.25) is 9.69 Å². The first-order valence-corrected chi connectivity index (χ1v) is 9.86. The molecule has 2 fully saturated rings. The Kier molecular flexibility index (Phi) is 10.7. The second-order valence-electron chi connectivity index (χ2n) is 8.31. The number of amides is 1. The van der Waals surface area contributed by atoms with Crippen LogP contribution in [0.25, 0.3) is 0 Å². The van der Waals surface area contributed by atoms with Crippen molar-refractivity contribution in [2.45, 2.75) is 46.2 Å². The van der Waals surface area contributed by atoms with Crippen LogP contribution < -0.4 is 10.6 Å². The maximum Gasteiger partial charge on any atom is 0.234 e. The van der Waals surface area contributed by atoms with Crippen LogP contribution in [0.5, 0.6) is 0 Å². The Morgan fingerprint density at radius 3 is 2.22 bits per heavy atom. The molecule has 1 saturated carbocycles. The molecule has 1 aliphatic heterocycles. The molecular formula is C21H35Cl2N3O. The quantitative estimate of drug-likeness (QED) is 0.681. The number of nitrogens with zero attached hydrogens (tertiary/aromatic N) is 1. The van der Waals surface area contributed by atoms with Crippen LogP contribution in [0.2, 0.25) is 0 Å². The molecule has 0 aromatic heterocycles. The zero-order valence-electron chi connectivity index (χ0n) is 16.6. The molecule has 2 aliphatic rings. The first-order chi connectivity index (χ1) is 12.1. The summed E-state index contributed by atoms with van der Waals surface area (Å²) in [7, 11) is 0. The lowest BCUT2D eigenvalue weighted by Crippen LogP contribution is -2.38. The summed E-state index contributed by atoms with van der Waals surface area (Å²) < 4.78 is 0. The van der Waals surface area contributed by atoms with E-state index in [1.807, 2.05) is 0 Å². The largest absolute Gasteiger partial charge is 0.351 e. The molecule has 1 aromatic rings. The third-order valence-corrected chi connectivity index (χ3v) is 5.28. The molecule has 3 rings (SSSR count). The van der Waals surface area contributed by atoms with Gasteiger partial charge in [0.1, 0.15) is 0 Å². The third kappa shape index (κ3) is 8.82. The summed E-state index contributed by atoms with van der Waals surface area (Å²) in [6, 6.07) is 8.70. The fourth-order valence-corrected chi connectivity index (χ4v) is 3.92. The van der Waals surface area contributed by atoms with Crippen LogP contribution in [0.4, 0.5) is 0 Å². The van der Waals surface area contributed by atoms with Crippen molar-refractivity contribution in [3.8, 4) is 0 Å². The monoisotopic (exact) mass is 415 g/mol. The van der Waals surface area contributed by atoms with Crippen molar-refractivity contribution in [3.05, 3.63) is 35.4 Å². The highest BCUT2D eigenvalue weighted by Gasteiger charge is 2.22. The lowest BCUT2D eigenvalue weighted by atomic mass is 9.91. The summed E-state index contributed by atoms with van der Waals surface area (Å²) >= 11 is 0. The number of piperidine rings is 1. The zero-order chi connectivity index (χ0) is 17.6. The Hall–Kier alpha value is -0.810. The van der Waals surface area contributed by atoms with Crippen molar-refractivity contribution in [1.29, 1.82) is 0 Å². The highest BCUT2D eigenvalue weighted by Crippen LogP contribution is 2.27. The number of carbonyl (C=O) groups is 1. The molecule has 2 N–H and O–H groups in total. The van der Waals surface area contributed by atoms with Crippen molar-refractivity contribution in [1.82, 2.24) is 15.5 Å². The third-order valence-electron chi connectivity index (χ3n) is 5.28. The van der Waals surface area contributed by atoms with Crippen molar-refractivity contribution in [2.24, 2.45) is 17.8 Å². The van der Waals surface area contributed by atoms with E-state index in [4.69, 9.17) is 0 Å². The minimum atomic E-state index is 0. The minimum Gasteiger partial charge on any atom is -0.351 e. The molecule has 154 valence electrons. The summed E-state index contributed by atoms with van der Waals surface area (Å²) in [6.45, 7) is 10.2. The Labute approximate surface area is 176 Å². The standard InChI is InChI=1S/C21H33N3O.2ClH/c1-16-9-17(2)14-24(13-16)15-20-7-5-19(6-8-20)11-23-21(25)12-22-10-18-3-4-18;;/h5-8,16-18,22H,3-4,9-15H2,1-2H3,(H,23,25);2*1H. The van der Waals surface area contributed by atoms with Gasteiger partial charge in [-0.25, -0.2) is 0 Å². The molecule has 2 unspecified atom stereocenters. The summed E-state index contributed by atoms with van der Waals surface area (Å²) in [5, 5.41) is 6.22.